The quantitative estimate of drug-likeness (QED) is 0.918. The SMILES string of the molecule is CCOc1ncccc1CNC(=O)c1ccc(C)c(C)c1. The van der Waals surface area contributed by atoms with E-state index in [2.05, 4.69) is 10.3 Å². The number of pyridine rings is 1. The van der Waals surface area contributed by atoms with Crippen LogP contribution in [0.15, 0.2) is 36.5 Å². The third kappa shape index (κ3) is 3.81. The molecule has 1 heterocycles. The van der Waals surface area contributed by atoms with E-state index in [1.54, 1.807) is 6.20 Å². The summed E-state index contributed by atoms with van der Waals surface area (Å²) in [5.74, 6) is 0.477. The number of benzene rings is 1. The maximum atomic E-state index is 12.2. The molecule has 0 aliphatic rings. The second-order valence-corrected chi connectivity index (χ2v) is 4.88. The molecule has 0 aliphatic carbocycles. The van der Waals surface area contributed by atoms with Crippen LogP contribution in [0.3, 0.4) is 0 Å². The Kier molecular flexibility index (Phi) is 4.93. The monoisotopic (exact) mass is 284 g/mol. The Morgan fingerprint density at radius 1 is 1.24 bits per heavy atom. The molecule has 0 radical (unpaired) electrons. The van der Waals surface area contributed by atoms with E-state index in [-0.39, 0.29) is 5.91 Å². The van der Waals surface area contributed by atoms with Crippen LogP contribution in [0, 0.1) is 13.8 Å². The first kappa shape index (κ1) is 15.0. The van der Waals surface area contributed by atoms with Crippen molar-refractivity contribution in [3.05, 3.63) is 58.8 Å². The van der Waals surface area contributed by atoms with Crippen LogP contribution >= 0.6 is 0 Å². The molecule has 0 bridgehead atoms. The topological polar surface area (TPSA) is 51.2 Å². The van der Waals surface area contributed by atoms with Crippen LogP contribution < -0.4 is 10.1 Å². The first-order valence-corrected chi connectivity index (χ1v) is 7.04. The molecular weight excluding hydrogens is 264 g/mol. The van der Waals surface area contributed by atoms with Crippen molar-refractivity contribution in [3.8, 4) is 5.88 Å². The van der Waals surface area contributed by atoms with Crippen molar-refractivity contribution < 1.29 is 9.53 Å². The summed E-state index contributed by atoms with van der Waals surface area (Å²) in [5, 5.41) is 2.90. The van der Waals surface area contributed by atoms with E-state index in [0.29, 0.717) is 24.6 Å². The number of amides is 1. The lowest BCUT2D eigenvalue weighted by atomic mass is 10.1. The molecule has 1 N–H and O–H groups in total. The Bertz CT molecular complexity index is 638. The van der Waals surface area contributed by atoms with Gasteiger partial charge in [-0.2, -0.15) is 0 Å². The highest BCUT2D eigenvalue weighted by atomic mass is 16.5. The zero-order valence-electron chi connectivity index (χ0n) is 12.6. The van der Waals surface area contributed by atoms with Gasteiger partial charge in [0.25, 0.3) is 5.91 Å². The second kappa shape index (κ2) is 6.88. The molecule has 0 unspecified atom stereocenters. The fourth-order valence-corrected chi connectivity index (χ4v) is 1.99. The zero-order valence-corrected chi connectivity index (χ0v) is 12.6. The largest absolute Gasteiger partial charge is 0.478 e. The van der Waals surface area contributed by atoms with Gasteiger partial charge in [-0.1, -0.05) is 12.1 Å². The normalized spacial score (nSPS) is 10.2. The average molecular weight is 284 g/mol. The average Bonchev–Trinajstić information content (AvgIpc) is 2.49. The molecule has 0 fully saturated rings. The van der Waals surface area contributed by atoms with E-state index < -0.39 is 0 Å². The van der Waals surface area contributed by atoms with E-state index in [9.17, 15) is 4.79 Å². The molecule has 110 valence electrons. The molecule has 0 spiro atoms. The third-order valence-electron chi connectivity index (χ3n) is 3.34. The molecule has 21 heavy (non-hydrogen) atoms. The van der Waals surface area contributed by atoms with E-state index in [4.69, 9.17) is 4.74 Å². The summed E-state index contributed by atoms with van der Waals surface area (Å²) in [4.78, 5) is 16.3. The molecule has 1 amide bonds. The van der Waals surface area contributed by atoms with Crippen LogP contribution in [0.4, 0.5) is 0 Å². The molecule has 4 heteroatoms. The minimum Gasteiger partial charge on any atom is -0.478 e. The fourth-order valence-electron chi connectivity index (χ4n) is 1.99. The van der Waals surface area contributed by atoms with Crippen LogP contribution in [0.25, 0.3) is 0 Å². The summed E-state index contributed by atoms with van der Waals surface area (Å²) < 4.78 is 5.45. The van der Waals surface area contributed by atoms with E-state index in [1.807, 2.05) is 51.1 Å². The van der Waals surface area contributed by atoms with Crippen molar-refractivity contribution in [2.75, 3.05) is 6.61 Å². The highest BCUT2D eigenvalue weighted by molar-refractivity contribution is 5.94. The van der Waals surface area contributed by atoms with Gasteiger partial charge in [0.05, 0.1) is 6.61 Å². The maximum Gasteiger partial charge on any atom is 0.251 e. The van der Waals surface area contributed by atoms with Gasteiger partial charge in [0, 0.05) is 23.9 Å². The number of hydrogen-bond acceptors (Lipinski definition) is 3. The predicted molar refractivity (Wildman–Crippen MR) is 82.5 cm³/mol. The molecule has 0 saturated heterocycles. The minimum atomic E-state index is -0.0931. The summed E-state index contributed by atoms with van der Waals surface area (Å²) in [6.07, 6.45) is 1.68. The van der Waals surface area contributed by atoms with Crippen LogP contribution in [-0.4, -0.2) is 17.5 Å². The number of aryl methyl sites for hydroxylation is 2. The molecule has 1 aromatic heterocycles. The number of carbonyl (C=O) groups is 1. The highest BCUT2D eigenvalue weighted by Gasteiger charge is 2.09. The number of aromatic nitrogens is 1. The summed E-state index contributed by atoms with van der Waals surface area (Å²) in [6.45, 7) is 6.89. The number of rotatable bonds is 5. The van der Waals surface area contributed by atoms with Crippen molar-refractivity contribution in [1.82, 2.24) is 10.3 Å². The lowest BCUT2D eigenvalue weighted by Crippen LogP contribution is -2.23. The van der Waals surface area contributed by atoms with Gasteiger partial charge in [-0.3, -0.25) is 4.79 Å². The summed E-state index contributed by atoms with van der Waals surface area (Å²) in [5.41, 5.74) is 3.83. The summed E-state index contributed by atoms with van der Waals surface area (Å²) in [7, 11) is 0. The first-order valence-electron chi connectivity index (χ1n) is 7.04. The second-order valence-electron chi connectivity index (χ2n) is 4.88. The van der Waals surface area contributed by atoms with E-state index in [0.717, 1.165) is 11.1 Å². The van der Waals surface area contributed by atoms with Gasteiger partial charge in [-0.05, 0) is 50.1 Å². The Morgan fingerprint density at radius 2 is 2.05 bits per heavy atom. The number of nitrogens with one attached hydrogen (secondary N) is 1. The molecule has 1 aromatic carbocycles. The Balaban J connectivity index is 2.05. The van der Waals surface area contributed by atoms with Gasteiger partial charge in [0.2, 0.25) is 5.88 Å². The minimum absolute atomic E-state index is 0.0931. The highest BCUT2D eigenvalue weighted by Crippen LogP contribution is 2.14. The Labute approximate surface area is 125 Å². The van der Waals surface area contributed by atoms with Gasteiger partial charge in [-0.15, -0.1) is 0 Å². The van der Waals surface area contributed by atoms with Gasteiger partial charge in [0.15, 0.2) is 0 Å². The van der Waals surface area contributed by atoms with Gasteiger partial charge >= 0.3 is 0 Å². The van der Waals surface area contributed by atoms with Crippen molar-refractivity contribution in [2.45, 2.75) is 27.3 Å². The lowest BCUT2D eigenvalue weighted by Gasteiger charge is -2.10. The molecule has 0 saturated carbocycles. The smallest absolute Gasteiger partial charge is 0.251 e. The lowest BCUT2D eigenvalue weighted by molar-refractivity contribution is 0.0950. The van der Waals surface area contributed by atoms with Crippen molar-refractivity contribution in [1.29, 1.82) is 0 Å². The molecular formula is C17H20N2O2. The fraction of sp³-hybridized carbons (Fsp3) is 0.294. The standard InChI is InChI=1S/C17H20N2O2/c1-4-21-17-15(6-5-9-18-17)11-19-16(20)14-8-7-12(2)13(3)10-14/h5-10H,4,11H2,1-3H3,(H,19,20). The molecule has 0 aliphatic heterocycles. The van der Waals surface area contributed by atoms with Gasteiger partial charge < -0.3 is 10.1 Å². The van der Waals surface area contributed by atoms with Gasteiger partial charge in [0.1, 0.15) is 0 Å². The number of hydrogen-bond donors (Lipinski definition) is 1. The van der Waals surface area contributed by atoms with Crippen molar-refractivity contribution in [2.24, 2.45) is 0 Å². The molecule has 0 atom stereocenters. The zero-order chi connectivity index (χ0) is 15.2. The number of nitrogens with zero attached hydrogens (tertiary/aromatic N) is 1. The van der Waals surface area contributed by atoms with Crippen LogP contribution in [-0.2, 0) is 6.54 Å². The molecule has 2 aromatic rings. The molecule has 2 rings (SSSR count). The first-order chi connectivity index (χ1) is 10.1. The van der Waals surface area contributed by atoms with E-state index in [1.165, 1.54) is 5.56 Å². The Morgan fingerprint density at radius 3 is 2.76 bits per heavy atom. The van der Waals surface area contributed by atoms with Crippen LogP contribution in [0.5, 0.6) is 5.88 Å². The molecule has 4 nitrogen and oxygen atoms in total. The predicted octanol–water partition coefficient (Wildman–Crippen LogP) is 3.03. The summed E-state index contributed by atoms with van der Waals surface area (Å²) >= 11 is 0. The van der Waals surface area contributed by atoms with Crippen LogP contribution in [0.2, 0.25) is 0 Å². The maximum absolute atomic E-state index is 12.2. The van der Waals surface area contributed by atoms with Crippen LogP contribution in [0.1, 0.15) is 34.0 Å². The van der Waals surface area contributed by atoms with Gasteiger partial charge in [-0.25, -0.2) is 4.98 Å². The van der Waals surface area contributed by atoms with E-state index >= 15 is 0 Å². The Hall–Kier alpha value is -2.36. The number of carbonyl (C=O) groups excluding carboxylic acids is 1. The third-order valence-corrected chi connectivity index (χ3v) is 3.34. The summed E-state index contributed by atoms with van der Waals surface area (Å²) in [6, 6.07) is 9.43. The van der Waals surface area contributed by atoms with Crippen molar-refractivity contribution >= 4 is 5.91 Å². The number of ether oxygens (including phenoxy) is 1. The van der Waals surface area contributed by atoms with Crippen molar-refractivity contribution in [3.63, 3.8) is 0 Å².